The monoisotopic (exact) mass is 284 g/mol. The SMILES string of the molecule is CC1(C)CCC(NC(=O)c2cc(-c3ccccc3)on2)C1. The van der Waals surface area contributed by atoms with Gasteiger partial charge in [0.25, 0.3) is 5.91 Å². The first-order valence-electron chi connectivity index (χ1n) is 7.36. The van der Waals surface area contributed by atoms with E-state index in [1.807, 2.05) is 30.3 Å². The third-order valence-electron chi connectivity index (χ3n) is 4.10. The van der Waals surface area contributed by atoms with Crippen molar-refractivity contribution in [3.8, 4) is 11.3 Å². The maximum Gasteiger partial charge on any atom is 0.273 e. The summed E-state index contributed by atoms with van der Waals surface area (Å²) < 4.78 is 5.27. The normalized spacial score (nSPS) is 20.4. The standard InChI is InChI=1S/C17H20N2O2/c1-17(2)9-8-13(11-17)18-16(20)14-10-15(21-19-14)12-6-4-3-5-7-12/h3-7,10,13H,8-9,11H2,1-2H3,(H,18,20). The quantitative estimate of drug-likeness (QED) is 0.936. The van der Waals surface area contributed by atoms with Crippen molar-refractivity contribution < 1.29 is 9.32 Å². The molecule has 1 amide bonds. The van der Waals surface area contributed by atoms with Crippen molar-refractivity contribution in [2.45, 2.75) is 39.2 Å². The van der Waals surface area contributed by atoms with Crippen molar-refractivity contribution in [3.05, 3.63) is 42.1 Å². The van der Waals surface area contributed by atoms with Gasteiger partial charge in [-0.25, -0.2) is 0 Å². The Morgan fingerprint density at radius 3 is 2.76 bits per heavy atom. The van der Waals surface area contributed by atoms with Gasteiger partial charge in [0, 0.05) is 17.7 Å². The molecule has 1 N–H and O–H groups in total. The summed E-state index contributed by atoms with van der Waals surface area (Å²) in [7, 11) is 0. The van der Waals surface area contributed by atoms with Crippen molar-refractivity contribution in [1.29, 1.82) is 0 Å². The molecule has 1 saturated carbocycles. The molecule has 0 bridgehead atoms. The Labute approximate surface area is 124 Å². The number of hydrogen-bond acceptors (Lipinski definition) is 3. The summed E-state index contributed by atoms with van der Waals surface area (Å²) in [5.74, 6) is 0.469. The largest absolute Gasteiger partial charge is 0.355 e. The lowest BCUT2D eigenvalue weighted by Gasteiger charge is -2.17. The minimum Gasteiger partial charge on any atom is -0.355 e. The summed E-state index contributed by atoms with van der Waals surface area (Å²) in [4.78, 5) is 12.2. The average Bonchev–Trinajstić information content (AvgIpc) is 3.07. The number of rotatable bonds is 3. The second-order valence-electron chi connectivity index (χ2n) is 6.52. The smallest absolute Gasteiger partial charge is 0.273 e. The number of aromatic nitrogens is 1. The van der Waals surface area contributed by atoms with Crippen molar-refractivity contribution in [2.75, 3.05) is 0 Å². The van der Waals surface area contributed by atoms with E-state index in [1.54, 1.807) is 6.07 Å². The van der Waals surface area contributed by atoms with Gasteiger partial charge < -0.3 is 9.84 Å². The highest BCUT2D eigenvalue weighted by atomic mass is 16.5. The molecule has 1 aromatic heterocycles. The molecule has 0 aliphatic heterocycles. The van der Waals surface area contributed by atoms with E-state index in [4.69, 9.17) is 4.52 Å². The second kappa shape index (κ2) is 5.35. The first-order valence-corrected chi connectivity index (χ1v) is 7.36. The van der Waals surface area contributed by atoms with Crippen LogP contribution >= 0.6 is 0 Å². The van der Waals surface area contributed by atoms with Gasteiger partial charge in [-0.3, -0.25) is 4.79 Å². The minimum atomic E-state index is -0.149. The van der Waals surface area contributed by atoms with E-state index in [1.165, 1.54) is 0 Å². The molecular formula is C17H20N2O2. The molecule has 110 valence electrons. The van der Waals surface area contributed by atoms with E-state index >= 15 is 0 Å². The van der Waals surface area contributed by atoms with Gasteiger partial charge in [-0.2, -0.15) is 0 Å². The van der Waals surface area contributed by atoms with Crippen LogP contribution in [0.4, 0.5) is 0 Å². The van der Waals surface area contributed by atoms with Gasteiger partial charge >= 0.3 is 0 Å². The number of carbonyl (C=O) groups is 1. The molecule has 0 radical (unpaired) electrons. The fourth-order valence-electron chi connectivity index (χ4n) is 2.94. The zero-order valence-corrected chi connectivity index (χ0v) is 12.4. The van der Waals surface area contributed by atoms with Crippen LogP contribution in [0.5, 0.6) is 0 Å². The van der Waals surface area contributed by atoms with Crippen molar-refractivity contribution in [3.63, 3.8) is 0 Å². The lowest BCUT2D eigenvalue weighted by atomic mass is 9.92. The van der Waals surface area contributed by atoms with Crippen molar-refractivity contribution >= 4 is 5.91 Å². The summed E-state index contributed by atoms with van der Waals surface area (Å²) in [6.45, 7) is 4.48. The number of nitrogens with zero attached hydrogens (tertiary/aromatic N) is 1. The van der Waals surface area contributed by atoms with Crippen LogP contribution in [0.2, 0.25) is 0 Å². The summed E-state index contributed by atoms with van der Waals surface area (Å²) in [5.41, 5.74) is 1.58. The number of hydrogen-bond donors (Lipinski definition) is 1. The summed E-state index contributed by atoms with van der Waals surface area (Å²) in [6.07, 6.45) is 3.19. The van der Waals surface area contributed by atoms with Crippen LogP contribution in [-0.4, -0.2) is 17.1 Å². The summed E-state index contributed by atoms with van der Waals surface area (Å²) in [6, 6.07) is 11.6. The van der Waals surface area contributed by atoms with Crippen LogP contribution in [-0.2, 0) is 0 Å². The van der Waals surface area contributed by atoms with Gasteiger partial charge in [0.15, 0.2) is 11.5 Å². The van der Waals surface area contributed by atoms with Crippen molar-refractivity contribution in [1.82, 2.24) is 10.5 Å². The molecule has 1 aliphatic rings. The van der Waals surface area contributed by atoms with Gasteiger partial charge in [0.1, 0.15) is 0 Å². The topological polar surface area (TPSA) is 55.1 Å². The average molecular weight is 284 g/mol. The maximum atomic E-state index is 12.2. The highest BCUT2D eigenvalue weighted by Gasteiger charge is 2.32. The van der Waals surface area contributed by atoms with Crippen LogP contribution in [0.3, 0.4) is 0 Å². The highest BCUT2D eigenvalue weighted by Crippen LogP contribution is 2.37. The first kappa shape index (κ1) is 13.9. The van der Waals surface area contributed by atoms with Gasteiger partial charge in [-0.1, -0.05) is 49.3 Å². The molecule has 1 heterocycles. The molecule has 1 unspecified atom stereocenters. The van der Waals surface area contributed by atoms with Crippen molar-refractivity contribution in [2.24, 2.45) is 5.41 Å². The van der Waals surface area contributed by atoms with Gasteiger partial charge in [-0.15, -0.1) is 0 Å². The predicted octanol–water partition coefficient (Wildman–Crippen LogP) is 3.65. The van der Waals surface area contributed by atoms with Crippen LogP contribution in [0, 0.1) is 5.41 Å². The molecule has 21 heavy (non-hydrogen) atoms. The van der Waals surface area contributed by atoms with E-state index in [9.17, 15) is 4.79 Å². The lowest BCUT2D eigenvalue weighted by Crippen LogP contribution is -2.33. The van der Waals surface area contributed by atoms with Crippen LogP contribution in [0.25, 0.3) is 11.3 Å². The Morgan fingerprint density at radius 2 is 2.10 bits per heavy atom. The molecule has 1 atom stereocenters. The Morgan fingerprint density at radius 1 is 1.33 bits per heavy atom. The third kappa shape index (κ3) is 3.15. The number of amides is 1. The zero-order chi connectivity index (χ0) is 14.9. The van der Waals surface area contributed by atoms with Crippen LogP contribution < -0.4 is 5.32 Å². The van der Waals surface area contributed by atoms with Gasteiger partial charge in [0.05, 0.1) is 0 Å². The molecule has 0 saturated heterocycles. The number of nitrogens with one attached hydrogen (secondary N) is 1. The van der Waals surface area contributed by atoms with E-state index in [0.29, 0.717) is 16.9 Å². The van der Waals surface area contributed by atoms with E-state index in [-0.39, 0.29) is 11.9 Å². The molecule has 4 heteroatoms. The molecule has 3 rings (SSSR count). The summed E-state index contributed by atoms with van der Waals surface area (Å²) >= 11 is 0. The predicted molar refractivity (Wildman–Crippen MR) is 80.8 cm³/mol. The molecule has 4 nitrogen and oxygen atoms in total. The number of carbonyl (C=O) groups excluding carboxylic acids is 1. The number of benzene rings is 1. The molecule has 1 aromatic carbocycles. The van der Waals surface area contributed by atoms with Gasteiger partial charge in [-0.05, 0) is 24.7 Å². The van der Waals surface area contributed by atoms with Crippen LogP contribution in [0.1, 0.15) is 43.6 Å². The maximum absolute atomic E-state index is 12.2. The Bertz CT molecular complexity index is 631. The zero-order valence-electron chi connectivity index (χ0n) is 12.4. The first-order chi connectivity index (χ1) is 10.0. The molecule has 1 aliphatic carbocycles. The van der Waals surface area contributed by atoms with Crippen LogP contribution in [0.15, 0.2) is 40.9 Å². The molecule has 1 fully saturated rings. The Hall–Kier alpha value is -2.10. The summed E-state index contributed by atoms with van der Waals surface area (Å²) in [5, 5.41) is 6.94. The molecular weight excluding hydrogens is 264 g/mol. The van der Waals surface area contributed by atoms with E-state index in [2.05, 4.69) is 24.3 Å². The van der Waals surface area contributed by atoms with E-state index in [0.717, 1.165) is 24.8 Å². The molecule has 0 spiro atoms. The minimum absolute atomic E-state index is 0.149. The Kier molecular flexibility index (Phi) is 3.53. The van der Waals surface area contributed by atoms with E-state index < -0.39 is 0 Å². The fraction of sp³-hybridized carbons (Fsp3) is 0.412. The lowest BCUT2D eigenvalue weighted by molar-refractivity contribution is 0.0927. The van der Waals surface area contributed by atoms with Gasteiger partial charge in [0.2, 0.25) is 0 Å². The third-order valence-corrected chi connectivity index (χ3v) is 4.10. The Balaban J connectivity index is 1.68. The highest BCUT2D eigenvalue weighted by molar-refractivity contribution is 5.93. The second-order valence-corrected chi connectivity index (χ2v) is 6.52. The fourth-order valence-corrected chi connectivity index (χ4v) is 2.94. The molecule has 2 aromatic rings.